The van der Waals surface area contributed by atoms with Gasteiger partial charge in [0.1, 0.15) is 10.0 Å². The molecule has 1 aromatic heterocycles. The van der Waals surface area contributed by atoms with Crippen LogP contribution in [0.5, 0.6) is 0 Å². The molecule has 3 rings (SSSR count). The van der Waals surface area contributed by atoms with E-state index in [2.05, 4.69) is 10.0 Å². The lowest BCUT2D eigenvalue weighted by molar-refractivity contribution is -0.115. The molecule has 1 heterocycles. The van der Waals surface area contributed by atoms with E-state index in [9.17, 15) is 17.6 Å². The van der Waals surface area contributed by atoms with E-state index < -0.39 is 10.0 Å². The fourth-order valence-electron chi connectivity index (χ4n) is 2.37. The molecule has 1 amide bonds. The first kappa shape index (κ1) is 19.1. The summed E-state index contributed by atoms with van der Waals surface area (Å²) in [6.45, 7) is 1.65. The van der Waals surface area contributed by atoms with Crippen LogP contribution in [-0.2, 0) is 21.2 Å². The van der Waals surface area contributed by atoms with Gasteiger partial charge in [-0.1, -0.05) is 24.3 Å². The Bertz CT molecular complexity index is 1050. The lowest BCUT2D eigenvalue weighted by Gasteiger charge is -2.08. The van der Waals surface area contributed by atoms with Crippen LogP contribution in [0.2, 0.25) is 0 Å². The molecule has 140 valence electrons. The fourth-order valence-corrected chi connectivity index (χ4v) is 4.43. The Kier molecular flexibility index (Phi) is 5.57. The molecule has 3 aromatic rings. The number of sulfonamides is 1. The number of rotatable bonds is 6. The second-order valence-corrected chi connectivity index (χ2v) is 8.78. The molecule has 0 fully saturated rings. The minimum absolute atomic E-state index is 0.0907. The third kappa shape index (κ3) is 4.93. The van der Waals surface area contributed by atoms with Crippen molar-refractivity contribution in [3.8, 4) is 0 Å². The number of benzene rings is 2. The molecule has 0 saturated carbocycles. The van der Waals surface area contributed by atoms with Gasteiger partial charge in [-0.05, 0) is 53.8 Å². The lowest BCUT2D eigenvalue weighted by Crippen LogP contribution is -2.15. The van der Waals surface area contributed by atoms with E-state index in [1.54, 1.807) is 54.8 Å². The third-order valence-electron chi connectivity index (χ3n) is 3.79. The van der Waals surface area contributed by atoms with Crippen LogP contribution >= 0.6 is 11.3 Å². The summed E-state index contributed by atoms with van der Waals surface area (Å²) in [5.74, 6) is -0.666. The van der Waals surface area contributed by atoms with Crippen LogP contribution in [0, 0.1) is 12.7 Å². The average Bonchev–Trinajstić information content (AvgIpc) is 3.15. The van der Waals surface area contributed by atoms with Gasteiger partial charge in [-0.3, -0.25) is 9.52 Å². The van der Waals surface area contributed by atoms with Gasteiger partial charge < -0.3 is 5.32 Å². The quantitative estimate of drug-likeness (QED) is 0.647. The summed E-state index contributed by atoms with van der Waals surface area (Å²) >= 11 is 1.13. The smallest absolute Gasteiger partial charge is 0.271 e. The molecule has 8 heteroatoms. The molecule has 0 saturated heterocycles. The molecule has 5 nitrogen and oxygen atoms in total. The summed E-state index contributed by atoms with van der Waals surface area (Å²) in [4.78, 5) is 12.1. The highest BCUT2D eigenvalue weighted by Gasteiger charge is 2.15. The minimum atomic E-state index is -3.60. The number of anilines is 2. The maximum atomic E-state index is 13.5. The summed E-state index contributed by atoms with van der Waals surface area (Å²) in [5.41, 5.74) is 2.02. The van der Waals surface area contributed by atoms with Gasteiger partial charge in [0.15, 0.2) is 0 Å². The van der Waals surface area contributed by atoms with Gasteiger partial charge in [-0.15, -0.1) is 11.3 Å². The fraction of sp³-hybridized carbons (Fsp3) is 0.105. The van der Waals surface area contributed by atoms with Crippen LogP contribution in [0.4, 0.5) is 15.8 Å². The van der Waals surface area contributed by atoms with Gasteiger partial charge in [0.05, 0.1) is 6.42 Å². The Morgan fingerprint density at radius 1 is 1.07 bits per heavy atom. The molecule has 0 aliphatic carbocycles. The van der Waals surface area contributed by atoms with E-state index in [1.165, 1.54) is 12.1 Å². The first-order chi connectivity index (χ1) is 12.8. The monoisotopic (exact) mass is 404 g/mol. The molecular weight excluding hydrogens is 387 g/mol. The van der Waals surface area contributed by atoms with E-state index in [4.69, 9.17) is 0 Å². The van der Waals surface area contributed by atoms with Gasteiger partial charge in [0.25, 0.3) is 10.0 Å². The molecule has 0 atom stereocenters. The number of nitrogens with one attached hydrogen (secondary N) is 2. The highest BCUT2D eigenvalue weighted by molar-refractivity contribution is 7.94. The van der Waals surface area contributed by atoms with Crippen molar-refractivity contribution in [2.45, 2.75) is 17.6 Å². The molecule has 0 aliphatic rings. The van der Waals surface area contributed by atoms with Crippen molar-refractivity contribution >= 4 is 38.6 Å². The van der Waals surface area contributed by atoms with Crippen molar-refractivity contribution in [2.24, 2.45) is 0 Å². The molecule has 0 bridgehead atoms. The summed E-state index contributed by atoms with van der Waals surface area (Å²) in [6.07, 6.45) is 0.0907. The Balaban J connectivity index is 1.62. The second kappa shape index (κ2) is 7.89. The molecule has 0 radical (unpaired) electrons. The average molecular weight is 404 g/mol. The zero-order valence-electron chi connectivity index (χ0n) is 14.4. The van der Waals surface area contributed by atoms with Crippen molar-refractivity contribution in [2.75, 3.05) is 10.0 Å². The molecule has 0 spiro atoms. The normalized spacial score (nSPS) is 11.2. The summed E-state index contributed by atoms with van der Waals surface area (Å²) in [5, 5.41) is 4.33. The van der Waals surface area contributed by atoms with Crippen LogP contribution in [0.3, 0.4) is 0 Å². The highest BCUT2D eigenvalue weighted by atomic mass is 32.2. The zero-order valence-corrected chi connectivity index (χ0v) is 16.0. The molecule has 2 N–H and O–H groups in total. The third-order valence-corrected chi connectivity index (χ3v) is 6.57. The van der Waals surface area contributed by atoms with Crippen LogP contribution in [0.15, 0.2) is 64.2 Å². The first-order valence-electron chi connectivity index (χ1n) is 8.05. The van der Waals surface area contributed by atoms with Crippen LogP contribution in [-0.4, -0.2) is 14.3 Å². The Hall–Kier alpha value is -2.71. The van der Waals surface area contributed by atoms with Gasteiger partial charge in [-0.25, -0.2) is 12.8 Å². The first-order valence-corrected chi connectivity index (χ1v) is 10.4. The van der Waals surface area contributed by atoms with Crippen molar-refractivity contribution < 1.29 is 17.6 Å². The van der Waals surface area contributed by atoms with Crippen molar-refractivity contribution in [3.63, 3.8) is 0 Å². The number of thiophene rings is 1. The van der Waals surface area contributed by atoms with Gasteiger partial charge in [-0.2, -0.15) is 0 Å². The standard InChI is InChI=1S/C19H17FN2O3S2/c1-13-4-7-16(12-17(13)20)21-18(23)11-14-5-8-15(9-6-14)22-27(24,25)19-3-2-10-26-19/h2-10,12,22H,11H2,1H3,(H,21,23). The summed E-state index contributed by atoms with van der Waals surface area (Å²) in [6, 6.07) is 14.2. The van der Waals surface area contributed by atoms with Crippen LogP contribution < -0.4 is 10.0 Å². The predicted octanol–water partition coefficient (Wildman–Crippen LogP) is 4.18. The van der Waals surface area contributed by atoms with E-state index in [-0.39, 0.29) is 22.4 Å². The second-order valence-electron chi connectivity index (χ2n) is 5.92. The number of aryl methyl sites for hydroxylation is 1. The van der Waals surface area contributed by atoms with Gasteiger partial charge >= 0.3 is 0 Å². The number of hydrogen-bond donors (Lipinski definition) is 2. The van der Waals surface area contributed by atoms with E-state index in [1.807, 2.05) is 0 Å². The molecular formula is C19H17FN2O3S2. The SMILES string of the molecule is Cc1ccc(NC(=O)Cc2ccc(NS(=O)(=O)c3cccs3)cc2)cc1F. The predicted molar refractivity (Wildman–Crippen MR) is 105 cm³/mol. The number of hydrogen-bond acceptors (Lipinski definition) is 4. The largest absolute Gasteiger partial charge is 0.326 e. The topological polar surface area (TPSA) is 75.3 Å². The summed E-state index contributed by atoms with van der Waals surface area (Å²) in [7, 11) is -3.60. The number of carbonyl (C=O) groups excluding carboxylic acids is 1. The maximum absolute atomic E-state index is 13.5. The van der Waals surface area contributed by atoms with Crippen LogP contribution in [0.25, 0.3) is 0 Å². The lowest BCUT2D eigenvalue weighted by atomic mass is 10.1. The molecule has 0 aliphatic heterocycles. The minimum Gasteiger partial charge on any atom is -0.326 e. The van der Waals surface area contributed by atoms with E-state index >= 15 is 0 Å². The zero-order chi connectivity index (χ0) is 19.4. The van der Waals surface area contributed by atoms with Gasteiger partial charge in [0.2, 0.25) is 5.91 Å². The Morgan fingerprint density at radius 2 is 1.78 bits per heavy atom. The van der Waals surface area contributed by atoms with Crippen molar-refractivity contribution in [1.82, 2.24) is 0 Å². The van der Waals surface area contributed by atoms with Crippen molar-refractivity contribution in [3.05, 3.63) is 76.9 Å². The number of amides is 1. The Morgan fingerprint density at radius 3 is 2.41 bits per heavy atom. The number of carbonyl (C=O) groups is 1. The van der Waals surface area contributed by atoms with E-state index in [0.717, 1.165) is 11.3 Å². The molecule has 2 aromatic carbocycles. The number of halogens is 1. The van der Waals surface area contributed by atoms with E-state index in [0.29, 0.717) is 22.5 Å². The van der Waals surface area contributed by atoms with Crippen molar-refractivity contribution in [1.29, 1.82) is 0 Å². The Labute approximate surface area is 160 Å². The highest BCUT2D eigenvalue weighted by Crippen LogP contribution is 2.21. The molecule has 27 heavy (non-hydrogen) atoms. The summed E-state index contributed by atoms with van der Waals surface area (Å²) < 4.78 is 40.6. The maximum Gasteiger partial charge on any atom is 0.271 e. The molecule has 0 unspecified atom stereocenters. The van der Waals surface area contributed by atoms with Gasteiger partial charge in [0, 0.05) is 11.4 Å². The van der Waals surface area contributed by atoms with Crippen LogP contribution in [0.1, 0.15) is 11.1 Å².